The molecule has 0 bridgehead atoms. The lowest BCUT2D eigenvalue weighted by molar-refractivity contribution is -0.121. The molecule has 1 fully saturated rings. The number of hydrogen-bond donors (Lipinski definition) is 3. The highest BCUT2D eigenvalue weighted by molar-refractivity contribution is 7.14. The number of aromatic nitrogens is 1. The Kier molecular flexibility index (Phi) is 6.43. The molecule has 2 aromatic rings. The van der Waals surface area contributed by atoms with Crippen LogP contribution in [0.5, 0.6) is 0 Å². The zero-order valence-corrected chi connectivity index (χ0v) is 15.5. The van der Waals surface area contributed by atoms with E-state index in [9.17, 15) is 9.59 Å². The van der Waals surface area contributed by atoms with Crippen LogP contribution >= 0.6 is 22.9 Å². The van der Waals surface area contributed by atoms with Crippen molar-refractivity contribution in [2.75, 3.05) is 23.8 Å². The molecular weight excluding hydrogens is 376 g/mol. The summed E-state index contributed by atoms with van der Waals surface area (Å²) in [6.07, 6.45) is 2.31. The minimum atomic E-state index is -0.406. The lowest BCUT2D eigenvalue weighted by Gasteiger charge is -2.10. The van der Waals surface area contributed by atoms with Crippen LogP contribution in [-0.2, 0) is 16.0 Å². The number of nitrogens with one attached hydrogen (secondary N) is 3. The minimum Gasteiger partial charge on any atom is -0.376 e. The van der Waals surface area contributed by atoms with Crippen LogP contribution in [0.25, 0.3) is 0 Å². The van der Waals surface area contributed by atoms with Crippen molar-refractivity contribution in [1.29, 1.82) is 0 Å². The molecule has 1 aliphatic heterocycles. The Labute approximate surface area is 160 Å². The van der Waals surface area contributed by atoms with E-state index in [2.05, 4.69) is 20.9 Å². The van der Waals surface area contributed by atoms with Gasteiger partial charge in [0.2, 0.25) is 5.91 Å². The molecule has 1 aromatic carbocycles. The van der Waals surface area contributed by atoms with Crippen molar-refractivity contribution in [3.05, 3.63) is 40.4 Å². The quantitative estimate of drug-likeness (QED) is 0.701. The fraction of sp³-hybridized carbons (Fsp3) is 0.353. The van der Waals surface area contributed by atoms with Crippen LogP contribution in [0.1, 0.15) is 18.5 Å². The summed E-state index contributed by atoms with van der Waals surface area (Å²) in [5, 5.41) is 11.0. The van der Waals surface area contributed by atoms with Gasteiger partial charge in [-0.2, -0.15) is 0 Å². The smallest absolute Gasteiger partial charge is 0.325 e. The van der Waals surface area contributed by atoms with E-state index in [1.807, 2.05) is 0 Å². The summed E-state index contributed by atoms with van der Waals surface area (Å²) in [4.78, 5) is 28.2. The normalized spacial score (nSPS) is 16.3. The van der Waals surface area contributed by atoms with Crippen LogP contribution in [0, 0.1) is 0 Å². The summed E-state index contributed by atoms with van der Waals surface area (Å²) in [7, 11) is 0. The average Bonchev–Trinajstić information content (AvgIpc) is 3.27. The van der Waals surface area contributed by atoms with Gasteiger partial charge in [0, 0.05) is 29.2 Å². The van der Waals surface area contributed by atoms with Crippen molar-refractivity contribution in [3.63, 3.8) is 0 Å². The maximum absolute atomic E-state index is 12.0. The van der Waals surface area contributed by atoms with Crippen molar-refractivity contribution in [2.45, 2.75) is 25.4 Å². The minimum absolute atomic E-state index is 0.108. The second kappa shape index (κ2) is 8.98. The molecular formula is C17H19ClN4O3S. The largest absolute Gasteiger partial charge is 0.376 e. The number of rotatable bonds is 6. The molecule has 1 saturated heterocycles. The molecule has 138 valence electrons. The first-order valence-corrected chi connectivity index (χ1v) is 9.50. The molecule has 1 aromatic heterocycles. The first-order valence-electron chi connectivity index (χ1n) is 8.25. The van der Waals surface area contributed by atoms with Crippen molar-refractivity contribution >= 4 is 45.7 Å². The van der Waals surface area contributed by atoms with Crippen molar-refractivity contribution < 1.29 is 14.3 Å². The van der Waals surface area contributed by atoms with E-state index in [0.717, 1.165) is 19.4 Å². The Bertz CT molecular complexity index is 760. The average molecular weight is 395 g/mol. The lowest BCUT2D eigenvalue weighted by Crippen LogP contribution is -2.32. The molecule has 7 nitrogen and oxygen atoms in total. The number of carbonyl (C=O) groups excluding carboxylic acids is 2. The van der Waals surface area contributed by atoms with Crippen molar-refractivity contribution in [3.8, 4) is 0 Å². The van der Waals surface area contributed by atoms with E-state index in [0.29, 0.717) is 28.1 Å². The van der Waals surface area contributed by atoms with Crippen LogP contribution < -0.4 is 16.0 Å². The van der Waals surface area contributed by atoms with E-state index in [1.54, 1.807) is 29.6 Å². The maximum atomic E-state index is 12.0. The number of nitrogens with zero attached hydrogens (tertiary/aromatic N) is 1. The van der Waals surface area contributed by atoms with Crippen LogP contribution in [-0.4, -0.2) is 36.2 Å². The Morgan fingerprint density at radius 2 is 2.08 bits per heavy atom. The van der Waals surface area contributed by atoms with Gasteiger partial charge < -0.3 is 15.4 Å². The summed E-state index contributed by atoms with van der Waals surface area (Å²) in [5.74, 6) is -0.108. The first kappa shape index (κ1) is 18.6. The van der Waals surface area contributed by atoms with Crippen LogP contribution in [0.4, 0.5) is 15.6 Å². The zero-order chi connectivity index (χ0) is 18.4. The number of thiazole rings is 1. The molecule has 3 rings (SSSR count). The lowest BCUT2D eigenvalue weighted by atomic mass is 10.2. The molecule has 1 atom stereocenters. The van der Waals surface area contributed by atoms with E-state index in [-0.39, 0.29) is 18.4 Å². The molecule has 3 N–H and O–H groups in total. The Morgan fingerprint density at radius 1 is 1.27 bits per heavy atom. The number of ether oxygens (including phenoxy) is 1. The number of urea groups is 1. The summed E-state index contributed by atoms with van der Waals surface area (Å²) in [5.41, 5.74) is 1.24. The number of anilines is 2. The van der Waals surface area contributed by atoms with E-state index in [4.69, 9.17) is 16.3 Å². The van der Waals surface area contributed by atoms with E-state index in [1.165, 1.54) is 11.3 Å². The van der Waals surface area contributed by atoms with Gasteiger partial charge in [-0.15, -0.1) is 11.3 Å². The summed E-state index contributed by atoms with van der Waals surface area (Å²) in [6.45, 7) is 1.29. The molecule has 0 saturated carbocycles. The van der Waals surface area contributed by atoms with Crippen LogP contribution in [0.2, 0.25) is 5.02 Å². The Hall–Kier alpha value is -2.16. The third kappa shape index (κ3) is 5.69. The predicted octanol–water partition coefficient (Wildman–Crippen LogP) is 3.28. The number of hydrogen-bond acceptors (Lipinski definition) is 5. The van der Waals surface area contributed by atoms with Gasteiger partial charge in [0.1, 0.15) is 0 Å². The second-order valence-corrected chi connectivity index (χ2v) is 7.14. The Balaban J connectivity index is 1.43. The summed E-state index contributed by atoms with van der Waals surface area (Å²) < 4.78 is 5.47. The second-order valence-electron chi connectivity index (χ2n) is 5.85. The van der Waals surface area contributed by atoms with Crippen LogP contribution in [0.15, 0.2) is 29.6 Å². The van der Waals surface area contributed by atoms with Gasteiger partial charge in [-0.3, -0.25) is 10.1 Å². The highest BCUT2D eigenvalue weighted by atomic mass is 35.5. The fourth-order valence-electron chi connectivity index (χ4n) is 2.50. The number of halogens is 1. The van der Waals surface area contributed by atoms with E-state index >= 15 is 0 Å². The van der Waals surface area contributed by atoms with Gasteiger partial charge >= 0.3 is 6.03 Å². The van der Waals surface area contributed by atoms with Gasteiger partial charge in [0.05, 0.1) is 18.2 Å². The van der Waals surface area contributed by atoms with Gasteiger partial charge in [-0.1, -0.05) is 11.6 Å². The third-order valence-electron chi connectivity index (χ3n) is 3.77. The third-order valence-corrected chi connectivity index (χ3v) is 4.83. The molecule has 0 radical (unpaired) electrons. The van der Waals surface area contributed by atoms with E-state index < -0.39 is 6.03 Å². The monoisotopic (exact) mass is 394 g/mol. The Morgan fingerprint density at radius 3 is 2.81 bits per heavy atom. The molecule has 1 aliphatic rings. The van der Waals surface area contributed by atoms with Gasteiger partial charge in [0.15, 0.2) is 5.13 Å². The van der Waals surface area contributed by atoms with Crippen molar-refractivity contribution in [2.24, 2.45) is 0 Å². The zero-order valence-electron chi connectivity index (χ0n) is 14.0. The highest BCUT2D eigenvalue weighted by Crippen LogP contribution is 2.17. The number of benzene rings is 1. The molecule has 0 aliphatic carbocycles. The number of carbonyl (C=O) groups is 2. The molecule has 26 heavy (non-hydrogen) atoms. The van der Waals surface area contributed by atoms with Gasteiger partial charge in [-0.25, -0.2) is 9.78 Å². The molecule has 0 unspecified atom stereocenters. The fourth-order valence-corrected chi connectivity index (χ4v) is 3.33. The molecule has 2 heterocycles. The summed E-state index contributed by atoms with van der Waals surface area (Å²) in [6, 6.07) is 6.37. The summed E-state index contributed by atoms with van der Waals surface area (Å²) >= 11 is 7.07. The molecule has 9 heteroatoms. The maximum Gasteiger partial charge on any atom is 0.325 e. The molecule has 0 spiro atoms. The van der Waals surface area contributed by atoms with Crippen molar-refractivity contribution in [1.82, 2.24) is 10.3 Å². The number of amides is 3. The van der Waals surface area contributed by atoms with Gasteiger partial charge in [-0.05, 0) is 37.1 Å². The SMILES string of the molecule is O=C(Cc1csc(NC(=O)Nc2ccc(Cl)cc2)n1)NC[C@H]1CCCO1. The standard InChI is InChI=1S/C17H19ClN4O3S/c18-11-3-5-12(6-4-11)20-16(24)22-17-21-13(10-26-17)8-15(23)19-9-14-2-1-7-25-14/h3-6,10,14H,1-2,7-9H2,(H,19,23)(H2,20,21,22,24)/t14-/m1/s1. The van der Waals surface area contributed by atoms with Crippen LogP contribution in [0.3, 0.4) is 0 Å². The highest BCUT2D eigenvalue weighted by Gasteiger charge is 2.16. The van der Waals surface area contributed by atoms with Gasteiger partial charge in [0.25, 0.3) is 0 Å². The first-order chi connectivity index (χ1) is 12.6. The topological polar surface area (TPSA) is 92.4 Å². The molecule has 3 amide bonds. The predicted molar refractivity (Wildman–Crippen MR) is 102 cm³/mol.